The summed E-state index contributed by atoms with van der Waals surface area (Å²) >= 11 is 0. The Kier molecular flexibility index (Phi) is 2.84. The predicted molar refractivity (Wildman–Crippen MR) is 71.3 cm³/mol. The molecule has 1 N–H and O–H groups in total. The molecule has 96 valence electrons. The van der Waals surface area contributed by atoms with Crippen molar-refractivity contribution in [2.24, 2.45) is 0 Å². The van der Waals surface area contributed by atoms with Crippen molar-refractivity contribution in [1.29, 1.82) is 0 Å². The average molecular weight is 254 g/mol. The predicted octanol–water partition coefficient (Wildman–Crippen LogP) is 2.67. The molecule has 1 aliphatic rings. The molecule has 0 spiro atoms. The van der Waals surface area contributed by atoms with E-state index in [1.807, 2.05) is 37.3 Å². The minimum atomic E-state index is -1.15. The number of rotatable bonds is 1. The minimum absolute atomic E-state index is 0.285. The molecule has 3 nitrogen and oxygen atoms in total. The summed E-state index contributed by atoms with van der Waals surface area (Å²) in [5, 5.41) is 10.1. The van der Waals surface area contributed by atoms with Crippen molar-refractivity contribution >= 4 is 5.78 Å². The van der Waals surface area contributed by atoms with Crippen LogP contribution >= 0.6 is 0 Å². The number of ether oxygens (including phenoxy) is 1. The van der Waals surface area contributed by atoms with Crippen LogP contribution < -0.4 is 4.74 Å². The summed E-state index contributed by atoms with van der Waals surface area (Å²) in [6.45, 7) is 1.99. The molecular weight excluding hydrogens is 240 g/mol. The fraction of sp³-hybridized carbons (Fsp3) is 0.188. The summed E-state index contributed by atoms with van der Waals surface area (Å²) in [6.07, 6.45) is -1.79. The van der Waals surface area contributed by atoms with Crippen LogP contribution in [0.1, 0.15) is 27.6 Å². The molecule has 0 saturated carbocycles. The molecule has 0 saturated heterocycles. The number of carbonyl (C=O) groups is 1. The number of aryl methyl sites for hydroxylation is 1. The lowest BCUT2D eigenvalue weighted by molar-refractivity contribution is 0.0216. The van der Waals surface area contributed by atoms with Gasteiger partial charge in [-0.15, -0.1) is 0 Å². The number of para-hydroxylation sites is 1. The summed E-state index contributed by atoms with van der Waals surface area (Å²) in [5.74, 6) is 0.246. The van der Waals surface area contributed by atoms with Gasteiger partial charge in [0.2, 0.25) is 0 Å². The Balaban J connectivity index is 2.01. The number of Topliss-reactive ketones (excluding diaryl/α,β-unsaturated/α-hetero) is 1. The van der Waals surface area contributed by atoms with Crippen LogP contribution in [0.2, 0.25) is 0 Å². The van der Waals surface area contributed by atoms with Crippen molar-refractivity contribution in [2.45, 2.75) is 19.1 Å². The van der Waals surface area contributed by atoms with Crippen molar-refractivity contribution in [3.8, 4) is 5.75 Å². The van der Waals surface area contributed by atoms with Crippen LogP contribution in [-0.4, -0.2) is 17.0 Å². The smallest absolute Gasteiger partial charge is 0.199 e. The first-order valence-electron chi connectivity index (χ1n) is 6.21. The van der Waals surface area contributed by atoms with E-state index in [9.17, 15) is 9.90 Å². The van der Waals surface area contributed by atoms with Gasteiger partial charge in [-0.3, -0.25) is 4.79 Å². The van der Waals surface area contributed by atoms with Crippen molar-refractivity contribution in [2.75, 3.05) is 0 Å². The molecule has 3 rings (SSSR count). The molecule has 0 amide bonds. The Morgan fingerprint density at radius 2 is 1.74 bits per heavy atom. The molecule has 2 aromatic carbocycles. The van der Waals surface area contributed by atoms with Gasteiger partial charge < -0.3 is 9.84 Å². The van der Waals surface area contributed by atoms with Gasteiger partial charge in [0.1, 0.15) is 5.75 Å². The Hall–Kier alpha value is -2.13. The highest BCUT2D eigenvalue weighted by Crippen LogP contribution is 2.34. The highest BCUT2D eigenvalue weighted by molar-refractivity contribution is 6.03. The van der Waals surface area contributed by atoms with Gasteiger partial charge in [0.15, 0.2) is 18.0 Å². The van der Waals surface area contributed by atoms with Gasteiger partial charge in [0, 0.05) is 0 Å². The molecule has 19 heavy (non-hydrogen) atoms. The molecule has 0 bridgehead atoms. The maximum absolute atomic E-state index is 12.1. The second kappa shape index (κ2) is 4.52. The van der Waals surface area contributed by atoms with Gasteiger partial charge in [-0.25, -0.2) is 0 Å². The first-order chi connectivity index (χ1) is 9.16. The van der Waals surface area contributed by atoms with E-state index in [0.717, 1.165) is 11.1 Å². The lowest BCUT2D eigenvalue weighted by atomic mass is 9.93. The number of hydrogen-bond acceptors (Lipinski definition) is 3. The summed E-state index contributed by atoms with van der Waals surface area (Å²) in [4.78, 5) is 12.1. The SMILES string of the molecule is Cc1ccc([C@H]2Oc3ccccc3C(=O)[C@@H]2O)cc1. The van der Waals surface area contributed by atoms with Crippen LogP contribution in [0.3, 0.4) is 0 Å². The van der Waals surface area contributed by atoms with Crippen LogP contribution in [-0.2, 0) is 0 Å². The van der Waals surface area contributed by atoms with Crippen molar-refractivity contribution in [3.63, 3.8) is 0 Å². The third kappa shape index (κ3) is 2.02. The van der Waals surface area contributed by atoms with E-state index in [2.05, 4.69) is 0 Å². The first-order valence-corrected chi connectivity index (χ1v) is 6.21. The normalized spacial score (nSPS) is 21.7. The molecule has 0 radical (unpaired) electrons. The standard InChI is InChI=1S/C16H14O3/c1-10-6-8-11(9-7-10)16-15(18)14(17)12-4-2-3-5-13(12)19-16/h2-9,15-16,18H,1H3/t15-,16+/m0/s1. The molecule has 2 aromatic rings. The third-order valence-corrected chi connectivity index (χ3v) is 3.37. The molecular formula is C16H14O3. The fourth-order valence-corrected chi connectivity index (χ4v) is 2.28. The van der Waals surface area contributed by atoms with Gasteiger partial charge in [-0.2, -0.15) is 0 Å². The summed E-state index contributed by atoms with van der Waals surface area (Å²) in [7, 11) is 0. The Labute approximate surface area is 111 Å². The number of carbonyl (C=O) groups excluding carboxylic acids is 1. The third-order valence-electron chi connectivity index (χ3n) is 3.37. The van der Waals surface area contributed by atoms with E-state index < -0.39 is 12.2 Å². The highest BCUT2D eigenvalue weighted by atomic mass is 16.5. The number of hydrogen-bond donors (Lipinski definition) is 1. The molecule has 0 fully saturated rings. The Morgan fingerprint density at radius 1 is 1.05 bits per heavy atom. The minimum Gasteiger partial charge on any atom is -0.482 e. The topological polar surface area (TPSA) is 46.5 Å². The van der Waals surface area contributed by atoms with Gasteiger partial charge in [0.25, 0.3) is 0 Å². The monoisotopic (exact) mass is 254 g/mol. The molecule has 3 heteroatoms. The van der Waals surface area contributed by atoms with E-state index in [-0.39, 0.29) is 5.78 Å². The van der Waals surface area contributed by atoms with Crippen molar-refractivity contribution < 1.29 is 14.6 Å². The van der Waals surface area contributed by atoms with Crippen molar-refractivity contribution in [1.82, 2.24) is 0 Å². The van der Waals surface area contributed by atoms with E-state index in [0.29, 0.717) is 11.3 Å². The number of fused-ring (bicyclic) bond motifs is 1. The van der Waals surface area contributed by atoms with E-state index in [1.165, 1.54) is 0 Å². The number of aliphatic hydroxyl groups is 1. The van der Waals surface area contributed by atoms with Gasteiger partial charge in [0.05, 0.1) is 5.56 Å². The zero-order valence-electron chi connectivity index (χ0n) is 10.5. The maximum atomic E-state index is 12.1. The second-order valence-corrected chi connectivity index (χ2v) is 4.75. The van der Waals surface area contributed by atoms with Gasteiger partial charge >= 0.3 is 0 Å². The number of benzene rings is 2. The fourth-order valence-electron chi connectivity index (χ4n) is 2.28. The van der Waals surface area contributed by atoms with E-state index in [1.54, 1.807) is 18.2 Å². The molecule has 1 aliphatic heterocycles. The van der Waals surface area contributed by atoms with E-state index in [4.69, 9.17) is 4.74 Å². The Morgan fingerprint density at radius 3 is 2.47 bits per heavy atom. The summed E-state index contributed by atoms with van der Waals surface area (Å²) < 4.78 is 5.77. The zero-order valence-corrected chi connectivity index (χ0v) is 10.5. The lowest BCUT2D eigenvalue weighted by Crippen LogP contribution is -2.36. The average Bonchev–Trinajstić information content (AvgIpc) is 2.44. The molecule has 0 unspecified atom stereocenters. The summed E-state index contributed by atoms with van der Waals surface area (Å²) in [6, 6.07) is 14.6. The highest BCUT2D eigenvalue weighted by Gasteiger charge is 2.36. The number of ketones is 1. The largest absolute Gasteiger partial charge is 0.482 e. The molecule has 1 heterocycles. The van der Waals surface area contributed by atoms with Crippen LogP contribution in [0, 0.1) is 6.92 Å². The zero-order chi connectivity index (χ0) is 13.4. The maximum Gasteiger partial charge on any atom is 0.199 e. The van der Waals surface area contributed by atoms with Gasteiger partial charge in [-0.05, 0) is 24.6 Å². The molecule has 2 atom stereocenters. The quantitative estimate of drug-likeness (QED) is 0.851. The number of aliphatic hydroxyl groups excluding tert-OH is 1. The molecule has 0 aromatic heterocycles. The van der Waals surface area contributed by atoms with Crippen LogP contribution in [0.15, 0.2) is 48.5 Å². The van der Waals surface area contributed by atoms with E-state index >= 15 is 0 Å². The van der Waals surface area contributed by atoms with Gasteiger partial charge in [-0.1, -0.05) is 42.0 Å². The van der Waals surface area contributed by atoms with Crippen LogP contribution in [0.25, 0.3) is 0 Å². The van der Waals surface area contributed by atoms with Crippen LogP contribution in [0.5, 0.6) is 5.75 Å². The second-order valence-electron chi connectivity index (χ2n) is 4.75. The first kappa shape index (κ1) is 11.9. The Bertz CT molecular complexity index is 616. The molecule has 0 aliphatic carbocycles. The van der Waals surface area contributed by atoms with Crippen LogP contribution in [0.4, 0.5) is 0 Å². The lowest BCUT2D eigenvalue weighted by Gasteiger charge is -2.29. The summed E-state index contributed by atoms with van der Waals surface area (Å²) in [5.41, 5.74) is 2.38. The van der Waals surface area contributed by atoms with Crippen molar-refractivity contribution in [3.05, 3.63) is 65.2 Å².